The Morgan fingerprint density at radius 2 is 0.572 bits per heavy atom. The van der Waals surface area contributed by atoms with Gasteiger partial charge in [-0.2, -0.15) is 20.4 Å². The average Bonchev–Trinajstić information content (AvgIpc) is 1.67. The molecule has 6 aromatic carbocycles. The number of fused-ring (bicyclic) bond motifs is 4. The molecule has 145 heavy (non-hydrogen) atoms. The molecule has 0 spiro atoms. The van der Waals surface area contributed by atoms with Gasteiger partial charge in [0, 0.05) is 183 Å². The third-order valence-corrected chi connectivity index (χ3v) is 27.4. The molecule has 0 saturated carbocycles. The van der Waals surface area contributed by atoms with Crippen molar-refractivity contribution in [3.05, 3.63) is 288 Å². The summed E-state index contributed by atoms with van der Waals surface area (Å²) in [5, 5.41) is 44.4. The highest BCUT2D eigenvalue weighted by atomic mass is 16.2. The van der Waals surface area contributed by atoms with Crippen molar-refractivity contribution >= 4 is 102 Å². The quantitative estimate of drug-likeness (QED) is 0.0250. The molecule has 22 rings (SSSR count). The van der Waals surface area contributed by atoms with E-state index in [1.54, 1.807) is 12.4 Å². The fourth-order valence-electron chi connectivity index (χ4n) is 20.0. The highest BCUT2D eigenvalue weighted by Crippen LogP contribution is 2.35. The largest absolute Gasteiger partial charge is 0.357 e. The van der Waals surface area contributed by atoms with Gasteiger partial charge in [-0.1, -0.05) is 82.6 Å². The lowest BCUT2D eigenvalue weighted by atomic mass is 10.0. The van der Waals surface area contributed by atoms with E-state index in [0.29, 0.717) is 34.2 Å². The Bertz CT molecular complexity index is 7050. The van der Waals surface area contributed by atoms with Crippen LogP contribution in [0.25, 0.3) is 88.1 Å². The number of carbonyl (C=O) groups is 4. The SMILES string of the molecule is C.C.CN(C)Cc1cncc(-c2ccc3[nH]nc(C(=O)Nc4cccc(CN5CCCC5)c4)c3c2)c1.CN(C)Cc1cncc(-c2ccc3[nH]nc(C(=O)Nc4cccc(CN5CCCCC5)c4)c3c2)c1.CN1CCN(c2ccc(NC(=O)c3n[nH]c4ccc(-c5cncc(CN6CCCCC6)c5)cc34)cn2)CC1.O=C(Nc1ccc(N2CCCC2)nc1)c1n[nH]c2ccc(-c3cncc(CN4CCCCC4)c3)cc12. The van der Waals surface area contributed by atoms with Crippen LogP contribution < -0.4 is 31.1 Å². The minimum Gasteiger partial charge on any atom is -0.357 e. The van der Waals surface area contributed by atoms with Crippen LogP contribution in [0.2, 0.25) is 0 Å². The van der Waals surface area contributed by atoms with E-state index in [1.165, 1.54) is 106 Å². The first-order valence-corrected chi connectivity index (χ1v) is 50.4. The lowest BCUT2D eigenvalue weighted by Gasteiger charge is -2.33. The summed E-state index contributed by atoms with van der Waals surface area (Å²) < 4.78 is 0. The van der Waals surface area contributed by atoms with Crippen molar-refractivity contribution in [1.82, 2.24) is 105 Å². The normalized spacial score (nSPS) is 15.4. The van der Waals surface area contributed by atoms with Gasteiger partial charge in [0.25, 0.3) is 23.6 Å². The van der Waals surface area contributed by atoms with Crippen LogP contribution >= 0.6 is 0 Å². The van der Waals surface area contributed by atoms with E-state index in [-0.39, 0.29) is 38.5 Å². The van der Waals surface area contributed by atoms with Crippen molar-refractivity contribution in [3.63, 3.8) is 0 Å². The van der Waals surface area contributed by atoms with Crippen LogP contribution in [0.15, 0.2) is 232 Å². The average molecular weight is 1950 g/mol. The maximum atomic E-state index is 13.2. The third-order valence-electron chi connectivity index (χ3n) is 27.4. The number of pyridine rings is 6. The number of piperazine rings is 1. The summed E-state index contributed by atoms with van der Waals surface area (Å²) in [5.41, 5.74) is 23.0. The number of aromatic amines is 4. The Morgan fingerprint density at radius 1 is 0.283 bits per heavy atom. The molecule has 6 saturated heterocycles. The number of piperidine rings is 3. The fourth-order valence-corrected chi connectivity index (χ4v) is 20.0. The van der Waals surface area contributed by atoms with E-state index < -0.39 is 0 Å². The van der Waals surface area contributed by atoms with E-state index in [9.17, 15) is 19.2 Å². The number of hydrogen-bond donors (Lipinski definition) is 8. The predicted molar refractivity (Wildman–Crippen MR) is 582 cm³/mol. The molecule has 0 atom stereocenters. The van der Waals surface area contributed by atoms with Gasteiger partial charge in [-0.05, 0) is 329 Å². The molecule has 6 aliphatic rings. The first kappa shape index (κ1) is 102. The number of nitrogens with one attached hydrogen (secondary N) is 8. The smallest absolute Gasteiger partial charge is 0.276 e. The van der Waals surface area contributed by atoms with Gasteiger partial charge in [-0.15, -0.1) is 0 Å². The van der Waals surface area contributed by atoms with Crippen molar-refractivity contribution in [2.75, 3.05) is 158 Å². The van der Waals surface area contributed by atoms with Crippen molar-refractivity contribution in [1.29, 1.82) is 0 Å². The fraction of sp³-hybridized carbons (Fsp3) is 0.351. The minimum absolute atomic E-state index is 0. The number of H-pyrrole nitrogens is 4. The Hall–Kier alpha value is -14.7. The standard InChI is InChI=1S/C29H34N8O.C28H31N7O.C28H32N6O.C27H30N6O.2CH4/c1-35-11-13-37(14-12-35)27-8-6-24(19-31-27)32-29(38)28-25-16-22(5-7-26(25)33-34-28)23-15-21(17-30-18-23)20-36-9-3-2-4-10-36;36-28(31-23-7-9-26(30-18-23)35-12-4-5-13-35)27-24-15-21(6-8-25(24)32-33-27)22-14-20(16-29-17-22)19-34-10-2-1-3-11-34;1-33(2)18-21-13-23(17-29-16-21)22-9-10-26-25(15-22)27(32-31-26)28(35)30-24-8-6-7-20(14-24)19-34-11-4-3-5-12-34;1-32(2)17-20-12-22(16-28-15-20)21-8-9-25-24(14-21)26(31-30-25)27(34)29-23-7-5-6-19(13-23)18-33-10-3-4-11-33;;/h5-8,15-19H,2-4,9-14,20H2,1H3,(H,32,38)(H,33,34);6-9,14-18H,1-5,10-13,19H2,(H,31,36)(H,32,33);6-10,13-17H,3-5,11-12,18-19H2,1-2H3,(H,30,35)(H,31,32);5-9,12-16H,3-4,10-11,17-18H2,1-2H3,(H,29,34)(H,30,31);2*1H4. The monoisotopic (exact) mass is 1950 g/mol. The zero-order valence-electron chi connectivity index (χ0n) is 82.4. The zero-order chi connectivity index (χ0) is 97.9. The summed E-state index contributed by atoms with van der Waals surface area (Å²) in [6.07, 6.45) is 35.1. The number of likely N-dealkylation sites (tertiary alicyclic amines) is 4. The lowest BCUT2D eigenvalue weighted by Crippen LogP contribution is -2.44. The van der Waals surface area contributed by atoms with E-state index in [0.717, 1.165) is 253 Å². The van der Waals surface area contributed by atoms with Gasteiger partial charge < -0.3 is 45.8 Å². The Kier molecular flexibility index (Phi) is 34.1. The predicted octanol–water partition coefficient (Wildman–Crippen LogP) is 19.6. The molecule has 0 bridgehead atoms. The van der Waals surface area contributed by atoms with Gasteiger partial charge in [0.05, 0.1) is 45.8 Å². The third kappa shape index (κ3) is 26.5. The molecule has 750 valence electrons. The number of nitrogens with zero attached hydrogens (tertiary/aromatic N) is 19. The molecule has 31 nitrogen and oxygen atoms in total. The summed E-state index contributed by atoms with van der Waals surface area (Å²) in [7, 11) is 10.3. The molecule has 6 aliphatic heterocycles. The minimum atomic E-state index is -0.264. The number of anilines is 6. The van der Waals surface area contributed by atoms with E-state index >= 15 is 0 Å². The highest BCUT2D eigenvalue weighted by molar-refractivity contribution is 6.15. The Balaban J connectivity index is 0.000000132. The molecule has 6 fully saturated rings. The summed E-state index contributed by atoms with van der Waals surface area (Å²) >= 11 is 0. The number of amides is 4. The number of hydrogen-bond acceptors (Lipinski definition) is 23. The molecule has 31 heteroatoms. The van der Waals surface area contributed by atoms with Gasteiger partial charge in [-0.3, -0.25) is 79.1 Å². The van der Waals surface area contributed by atoms with Crippen LogP contribution in [-0.4, -0.2) is 255 Å². The lowest BCUT2D eigenvalue weighted by molar-refractivity contribution is 0.101. The van der Waals surface area contributed by atoms with Crippen LogP contribution in [-0.2, 0) is 39.3 Å². The number of benzene rings is 6. The molecule has 4 amide bonds. The summed E-state index contributed by atoms with van der Waals surface area (Å²) in [6, 6.07) is 56.7. The van der Waals surface area contributed by atoms with Gasteiger partial charge in [0.1, 0.15) is 11.6 Å². The Morgan fingerprint density at radius 3 is 0.890 bits per heavy atom. The van der Waals surface area contributed by atoms with E-state index in [4.69, 9.17) is 0 Å². The van der Waals surface area contributed by atoms with Crippen LogP contribution in [0.3, 0.4) is 0 Å². The van der Waals surface area contributed by atoms with E-state index in [2.05, 4.69) is 192 Å². The van der Waals surface area contributed by atoms with Crippen molar-refractivity contribution in [2.24, 2.45) is 0 Å². The van der Waals surface area contributed by atoms with Gasteiger partial charge in [0.15, 0.2) is 22.8 Å². The maximum Gasteiger partial charge on any atom is 0.276 e. The van der Waals surface area contributed by atoms with Crippen molar-refractivity contribution in [2.45, 2.75) is 138 Å². The molecule has 16 heterocycles. The van der Waals surface area contributed by atoms with Crippen LogP contribution in [0.5, 0.6) is 0 Å². The maximum absolute atomic E-state index is 13.2. The molecule has 0 aliphatic carbocycles. The molecule has 16 aromatic rings. The zero-order valence-corrected chi connectivity index (χ0v) is 82.4. The van der Waals surface area contributed by atoms with Crippen molar-refractivity contribution < 1.29 is 19.2 Å². The Labute approximate surface area is 848 Å². The number of carbonyl (C=O) groups excluding carboxylic acids is 4. The summed E-state index contributed by atoms with van der Waals surface area (Å²) in [5.74, 6) is 0.924. The second kappa shape index (κ2) is 48.6. The van der Waals surface area contributed by atoms with Crippen LogP contribution in [0.1, 0.15) is 174 Å². The molecular formula is C114H135N27O4. The van der Waals surface area contributed by atoms with Crippen LogP contribution in [0, 0.1) is 0 Å². The molecular weight excluding hydrogens is 1810 g/mol. The molecule has 0 unspecified atom stereocenters. The highest BCUT2D eigenvalue weighted by Gasteiger charge is 2.26. The molecule has 8 N–H and O–H groups in total. The first-order valence-electron chi connectivity index (χ1n) is 50.4. The van der Waals surface area contributed by atoms with Crippen LogP contribution in [0.4, 0.5) is 34.4 Å². The van der Waals surface area contributed by atoms with Gasteiger partial charge in [0.2, 0.25) is 0 Å². The number of aromatic nitrogens is 14. The van der Waals surface area contributed by atoms with E-state index in [1.807, 2.05) is 199 Å². The molecule has 0 radical (unpaired) electrons. The molecule has 10 aromatic heterocycles. The number of likely N-dealkylation sites (N-methyl/N-ethyl adjacent to an activating group) is 1. The van der Waals surface area contributed by atoms with Crippen molar-refractivity contribution in [3.8, 4) is 44.5 Å². The van der Waals surface area contributed by atoms with Gasteiger partial charge >= 0.3 is 0 Å². The second-order valence-electron chi connectivity index (χ2n) is 39.1. The topological polar surface area (TPSA) is 338 Å². The number of rotatable bonds is 26. The summed E-state index contributed by atoms with van der Waals surface area (Å²) in [4.78, 5) is 101. The summed E-state index contributed by atoms with van der Waals surface area (Å²) in [6.45, 7) is 20.5. The first-order chi connectivity index (χ1) is 69.9. The second-order valence-corrected chi connectivity index (χ2v) is 39.1. The van der Waals surface area contributed by atoms with Gasteiger partial charge in [-0.25, -0.2) is 9.97 Å².